The van der Waals surface area contributed by atoms with Crippen LogP contribution in [0.15, 0.2) is 28.8 Å². The van der Waals surface area contributed by atoms with Crippen LogP contribution in [0.3, 0.4) is 0 Å². The largest absolute Gasteiger partial charge is 0.367 e. The molecule has 1 aliphatic rings. The maximum absolute atomic E-state index is 12.2. The van der Waals surface area contributed by atoms with Gasteiger partial charge in [0.25, 0.3) is 0 Å². The molecule has 1 fully saturated rings. The molecule has 2 amide bonds. The van der Waals surface area contributed by atoms with Crippen molar-refractivity contribution in [2.75, 3.05) is 31.1 Å². The molecule has 0 radical (unpaired) electrons. The van der Waals surface area contributed by atoms with Crippen molar-refractivity contribution < 1.29 is 9.32 Å². The summed E-state index contributed by atoms with van der Waals surface area (Å²) in [4.78, 5) is 20.2. The summed E-state index contributed by atoms with van der Waals surface area (Å²) in [7, 11) is 0. The van der Waals surface area contributed by atoms with Crippen LogP contribution in [-0.2, 0) is 6.54 Å². The lowest BCUT2D eigenvalue weighted by Gasteiger charge is -2.36. The molecular formula is C15H18ClN5O2. The number of urea groups is 1. The minimum Gasteiger partial charge on any atom is -0.367 e. The second kappa shape index (κ2) is 6.87. The molecule has 0 bridgehead atoms. The van der Waals surface area contributed by atoms with Gasteiger partial charge in [-0.2, -0.15) is 4.98 Å². The topological polar surface area (TPSA) is 74.5 Å². The van der Waals surface area contributed by atoms with Crippen LogP contribution in [0.5, 0.6) is 0 Å². The van der Waals surface area contributed by atoms with Crippen LogP contribution in [0.2, 0.25) is 5.02 Å². The highest BCUT2D eigenvalue weighted by atomic mass is 35.5. The Labute approximate surface area is 139 Å². The molecular weight excluding hydrogens is 318 g/mol. The molecule has 0 aliphatic carbocycles. The predicted molar refractivity (Wildman–Crippen MR) is 86.5 cm³/mol. The third-order valence-corrected chi connectivity index (χ3v) is 4.04. The Morgan fingerprint density at radius 3 is 2.70 bits per heavy atom. The average molecular weight is 336 g/mol. The lowest BCUT2D eigenvalue weighted by atomic mass is 10.2. The summed E-state index contributed by atoms with van der Waals surface area (Å²) >= 11 is 6.22. The molecule has 1 aliphatic heterocycles. The zero-order chi connectivity index (χ0) is 16.2. The Morgan fingerprint density at radius 1 is 1.30 bits per heavy atom. The monoisotopic (exact) mass is 335 g/mol. The van der Waals surface area contributed by atoms with Crippen LogP contribution >= 0.6 is 11.6 Å². The number of piperazine rings is 1. The molecule has 122 valence electrons. The fourth-order valence-electron chi connectivity index (χ4n) is 2.53. The second-order valence-corrected chi connectivity index (χ2v) is 5.73. The number of carbonyl (C=O) groups excluding carboxylic acids is 1. The zero-order valence-electron chi connectivity index (χ0n) is 12.8. The van der Waals surface area contributed by atoms with Crippen molar-refractivity contribution in [3.05, 3.63) is 41.0 Å². The van der Waals surface area contributed by atoms with E-state index in [9.17, 15) is 4.79 Å². The van der Waals surface area contributed by atoms with E-state index in [1.165, 1.54) is 0 Å². The molecule has 0 spiro atoms. The molecule has 0 saturated carbocycles. The number of aryl methyl sites for hydroxylation is 1. The van der Waals surface area contributed by atoms with Gasteiger partial charge in [0.1, 0.15) is 0 Å². The first-order valence-electron chi connectivity index (χ1n) is 7.45. The quantitative estimate of drug-likeness (QED) is 0.929. The van der Waals surface area contributed by atoms with Crippen molar-refractivity contribution in [2.45, 2.75) is 13.5 Å². The van der Waals surface area contributed by atoms with Gasteiger partial charge in [0.15, 0.2) is 5.82 Å². The van der Waals surface area contributed by atoms with Gasteiger partial charge in [0.05, 0.1) is 17.3 Å². The fraction of sp³-hybridized carbons (Fsp3) is 0.400. The predicted octanol–water partition coefficient (Wildman–Crippen LogP) is 2.06. The van der Waals surface area contributed by atoms with Crippen molar-refractivity contribution in [1.29, 1.82) is 0 Å². The minimum atomic E-state index is -0.125. The van der Waals surface area contributed by atoms with Gasteiger partial charge in [-0.05, 0) is 19.1 Å². The first-order chi connectivity index (χ1) is 11.1. The van der Waals surface area contributed by atoms with Gasteiger partial charge in [-0.1, -0.05) is 28.9 Å². The van der Waals surface area contributed by atoms with Gasteiger partial charge in [-0.15, -0.1) is 0 Å². The van der Waals surface area contributed by atoms with Gasteiger partial charge in [0.2, 0.25) is 5.89 Å². The van der Waals surface area contributed by atoms with Crippen LogP contribution in [-0.4, -0.2) is 47.3 Å². The molecule has 3 rings (SSSR count). The highest BCUT2D eigenvalue weighted by molar-refractivity contribution is 6.33. The summed E-state index contributed by atoms with van der Waals surface area (Å²) in [5.74, 6) is 0.966. The first-order valence-corrected chi connectivity index (χ1v) is 7.83. The van der Waals surface area contributed by atoms with Gasteiger partial charge < -0.3 is 19.6 Å². The minimum absolute atomic E-state index is 0.125. The molecule has 0 atom stereocenters. The lowest BCUT2D eigenvalue weighted by Crippen LogP contribution is -2.51. The molecule has 2 heterocycles. The van der Waals surface area contributed by atoms with E-state index >= 15 is 0 Å². The van der Waals surface area contributed by atoms with Crippen LogP contribution in [0.25, 0.3) is 0 Å². The molecule has 1 N–H and O–H groups in total. The van der Waals surface area contributed by atoms with Gasteiger partial charge >= 0.3 is 6.03 Å². The number of aromatic nitrogens is 2. The van der Waals surface area contributed by atoms with E-state index in [0.29, 0.717) is 24.8 Å². The Morgan fingerprint density at radius 2 is 2.04 bits per heavy atom. The number of nitrogens with one attached hydrogen (secondary N) is 1. The van der Waals surface area contributed by atoms with E-state index in [-0.39, 0.29) is 12.6 Å². The second-order valence-electron chi connectivity index (χ2n) is 5.32. The molecule has 1 aromatic heterocycles. The summed E-state index contributed by atoms with van der Waals surface area (Å²) in [5.41, 5.74) is 1.01. The number of carbonyl (C=O) groups is 1. The standard InChI is InChI=1S/C15H18ClN5O2/c1-11-18-14(23-19-11)10-17-15(22)21-8-6-20(7-9-21)13-5-3-2-4-12(13)16/h2-5H,6-10H2,1H3,(H,17,22). The Balaban J connectivity index is 1.50. The number of amides is 2. The summed E-state index contributed by atoms with van der Waals surface area (Å²) in [6.07, 6.45) is 0. The summed E-state index contributed by atoms with van der Waals surface area (Å²) in [6.45, 7) is 4.75. The number of halogens is 1. The summed E-state index contributed by atoms with van der Waals surface area (Å²) in [5, 5.41) is 7.22. The molecule has 0 unspecified atom stereocenters. The molecule has 7 nitrogen and oxygen atoms in total. The number of rotatable bonds is 3. The normalized spacial score (nSPS) is 14.9. The van der Waals surface area contributed by atoms with Gasteiger partial charge in [0, 0.05) is 26.2 Å². The maximum Gasteiger partial charge on any atom is 0.317 e. The molecule has 2 aromatic rings. The first kappa shape index (κ1) is 15.6. The maximum atomic E-state index is 12.2. The number of nitrogens with zero attached hydrogens (tertiary/aromatic N) is 4. The smallest absolute Gasteiger partial charge is 0.317 e. The van der Waals surface area contributed by atoms with E-state index in [1.807, 2.05) is 24.3 Å². The lowest BCUT2D eigenvalue weighted by molar-refractivity contribution is 0.192. The van der Waals surface area contributed by atoms with Crippen LogP contribution in [0.1, 0.15) is 11.7 Å². The third kappa shape index (κ3) is 3.73. The number of para-hydroxylation sites is 1. The van der Waals surface area contributed by atoms with E-state index in [1.54, 1.807) is 11.8 Å². The molecule has 23 heavy (non-hydrogen) atoms. The SMILES string of the molecule is Cc1noc(CNC(=O)N2CCN(c3ccccc3Cl)CC2)n1. The Bertz CT molecular complexity index is 682. The number of anilines is 1. The van der Waals surface area contributed by atoms with Crippen molar-refractivity contribution in [1.82, 2.24) is 20.4 Å². The van der Waals surface area contributed by atoms with Crippen LogP contribution < -0.4 is 10.2 Å². The number of benzene rings is 1. The van der Waals surface area contributed by atoms with Crippen molar-refractivity contribution in [3.8, 4) is 0 Å². The number of hydrogen-bond acceptors (Lipinski definition) is 5. The highest BCUT2D eigenvalue weighted by Gasteiger charge is 2.22. The van der Waals surface area contributed by atoms with Gasteiger partial charge in [-0.25, -0.2) is 4.79 Å². The molecule has 1 saturated heterocycles. The van der Waals surface area contributed by atoms with Crippen LogP contribution in [0, 0.1) is 6.92 Å². The van der Waals surface area contributed by atoms with Gasteiger partial charge in [-0.3, -0.25) is 0 Å². The van der Waals surface area contributed by atoms with Crippen molar-refractivity contribution in [3.63, 3.8) is 0 Å². The zero-order valence-corrected chi connectivity index (χ0v) is 13.6. The number of hydrogen-bond donors (Lipinski definition) is 1. The molecule has 1 aromatic carbocycles. The molecule has 8 heteroatoms. The highest BCUT2D eigenvalue weighted by Crippen LogP contribution is 2.25. The van der Waals surface area contributed by atoms with E-state index in [0.717, 1.165) is 23.8 Å². The van der Waals surface area contributed by atoms with Crippen molar-refractivity contribution >= 4 is 23.3 Å². The van der Waals surface area contributed by atoms with Crippen LogP contribution in [0.4, 0.5) is 10.5 Å². The van der Waals surface area contributed by atoms with Crippen molar-refractivity contribution in [2.24, 2.45) is 0 Å². The van der Waals surface area contributed by atoms with E-state index < -0.39 is 0 Å². The van der Waals surface area contributed by atoms with E-state index in [4.69, 9.17) is 16.1 Å². The summed E-state index contributed by atoms with van der Waals surface area (Å²) in [6, 6.07) is 7.62. The Hall–Kier alpha value is -2.28. The summed E-state index contributed by atoms with van der Waals surface area (Å²) < 4.78 is 4.97. The Kier molecular flexibility index (Phi) is 4.66. The third-order valence-electron chi connectivity index (χ3n) is 3.72. The average Bonchev–Trinajstić information content (AvgIpc) is 2.99. The van der Waals surface area contributed by atoms with E-state index in [2.05, 4.69) is 20.4 Å². The fourth-order valence-corrected chi connectivity index (χ4v) is 2.79.